The van der Waals surface area contributed by atoms with E-state index in [1.807, 2.05) is 48.4 Å². The van der Waals surface area contributed by atoms with Crippen molar-refractivity contribution < 1.29 is 27.9 Å². The molecule has 1 N–H and O–H groups in total. The molecule has 1 amide bonds. The van der Waals surface area contributed by atoms with Crippen molar-refractivity contribution in [1.29, 1.82) is 0 Å². The Morgan fingerprint density at radius 3 is 2.47 bits per heavy atom. The number of nitrogens with zero attached hydrogens (tertiary/aromatic N) is 4. The maximum Gasteiger partial charge on any atom is 0.490 e. The van der Waals surface area contributed by atoms with Crippen LogP contribution in [0, 0.1) is 6.92 Å². The molecule has 7 nitrogen and oxygen atoms in total. The third kappa shape index (κ3) is 5.45. The second-order valence-corrected chi connectivity index (χ2v) is 7.03. The summed E-state index contributed by atoms with van der Waals surface area (Å²) in [5.41, 5.74) is 5.51. The van der Waals surface area contributed by atoms with Crippen LogP contribution in [0.3, 0.4) is 0 Å². The SMILES string of the molecule is Cc1ccc(CCN2Cc3nccc(-c4cccnc4)c3C2=O)nc1.O=C(O)C(F)(F)F. The number of carboxylic acids is 1. The summed E-state index contributed by atoms with van der Waals surface area (Å²) in [7, 11) is 0. The molecule has 0 unspecified atom stereocenters. The summed E-state index contributed by atoms with van der Waals surface area (Å²) in [5, 5.41) is 7.12. The normalized spacial score (nSPS) is 12.8. The van der Waals surface area contributed by atoms with Crippen molar-refractivity contribution in [1.82, 2.24) is 19.9 Å². The average Bonchev–Trinajstić information content (AvgIpc) is 3.09. The number of aliphatic carboxylic acids is 1. The van der Waals surface area contributed by atoms with Gasteiger partial charge in [0.15, 0.2) is 0 Å². The van der Waals surface area contributed by atoms with E-state index < -0.39 is 12.1 Å². The quantitative estimate of drug-likeness (QED) is 0.660. The number of fused-ring (bicyclic) bond motifs is 1. The highest BCUT2D eigenvalue weighted by Crippen LogP contribution is 2.31. The molecule has 0 saturated heterocycles. The van der Waals surface area contributed by atoms with Gasteiger partial charge in [0.05, 0.1) is 17.8 Å². The lowest BCUT2D eigenvalue weighted by Crippen LogP contribution is -2.26. The third-order valence-electron chi connectivity index (χ3n) is 4.70. The number of hydrogen-bond donors (Lipinski definition) is 1. The number of carbonyl (C=O) groups excluding carboxylic acids is 1. The zero-order valence-corrected chi connectivity index (χ0v) is 17.0. The predicted octanol–water partition coefficient (Wildman–Crippen LogP) is 3.68. The van der Waals surface area contributed by atoms with Gasteiger partial charge in [-0.05, 0) is 36.2 Å². The van der Waals surface area contributed by atoms with Crippen LogP contribution in [0.25, 0.3) is 11.1 Å². The third-order valence-corrected chi connectivity index (χ3v) is 4.70. The van der Waals surface area contributed by atoms with E-state index in [1.165, 1.54) is 0 Å². The van der Waals surface area contributed by atoms with Crippen molar-refractivity contribution in [2.75, 3.05) is 6.54 Å². The van der Waals surface area contributed by atoms with Crippen LogP contribution in [0.1, 0.15) is 27.3 Å². The van der Waals surface area contributed by atoms with Gasteiger partial charge in [-0.1, -0.05) is 12.1 Å². The number of rotatable bonds is 4. The van der Waals surface area contributed by atoms with Crippen LogP contribution in [0.2, 0.25) is 0 Å². The summed E-state index contributed by atoms with van der Waals surface area (Å²) in [6, 6.07) is 9.79. The van der Waals surface area contributed by atoms with Gasteiger partial charge >= 0.3 is 12.1 Å². The molecule has 0 atom stereocenters. The summed E-state index contributed by atoms with van der Waals surface area (Å²) in [4.78, 5) is 36.6. The minimum atomic E-state index is -5.08. The molecule has 0 radical (unpaired) electrons. The van der Waals surface area contributed by atoms with Crippen LogP contribution >= 0.6 is 0 Å². The number of alkyl halides is 3. The Hall–Kier alpha value is -3.82. The second kappa shape index (κ2) is 9.54. The Bertz CT molecular complexity index is 1100. The first kappa shape index (κ1) is 22.9. The number of pyridine rings is 3. The maximum atomic E-state index is 12.9. The lowest BCUT2D eigenvalue weighted by atomic mass is 10.0. The van der Waals surface area contributed by atoms with Gasteiger partial charge in [-0.15, -0.1) is 0 Å². The van der Waals surface area contributed by atoms with Crippen LogP contribution in [-0.2, 0) is 17.8 Å². The van der Waals surface area contributed by atoms with E-state index in [1.54, 1.807) is 18.6 Å². The number of amides is 1. The summed E-state index contributed by atoms with van der Waals surface area (Å²) in [5.74, 6) is -2.72. The molecule has 3 aromatic rings. The van der Waals surface area contributed by atoms with E-state index in [4.69, 9.17) is 9.90 Å². The van der Waals surface area contributed by atoms with E-state index >= 15 is 0 Å². The average molecular weight is 444 g/mol. The molecule has 4 heterocycles. The van der Waals surface area contributed by atoms with E-state index in [-0.39, 0.29) is 5.91 Å². The van der Waals surface area contributed by atoms with E-state index in [0.717, 1.165) is 34.5 Å². The lowest BCUT2D eigenvalue weighted by molar-refractivity contribution is -0.192. The smallest absolute Gasteiger partial charge is 0.475 e. The monoisotopic (exact) mass is 444 g/mol. The highest BCUT2D eigenvalue weighted by Gasteiger charge is 2.38. The first-order valence-electron chi connectivity index (χ1n) is 9.56. The molecule has 3 aromatic heterocycles. The van der Waals surface area contributed by atoms with E-state index in [2.05, 4.69) is 15.0 Å². The molecule has 0 aromatic carbocycles. The molecule has 0 fully saturated rings. The molecule has 32 heavy (non-hydrogen) atoms. The lowest BCUT2D eigenvalue weighted by Gasteiger charge is -2.15. The van der Waals surface area contributed by atoms with Crippen molar-refractivity contribution in [3.05, 3.63) is 77.6 Å². The van der Waals surface area contributed by atoms with Gasteiger partial charge in [0.2, 0.25) is 0 Å². The Labute approximate surface area is 181 Å². The number of carboxylic acid groups (broad SMARTS) is 1. The zero-order chi connectivity index (χ0) is 23.3. The number of hydrogen-bond acceptors (Lipinski definition) is 5. The van der Waals surface area contributed by atoms with Gasteiger partial charge in [0, 0.05) is 49.0 Å². The summed E-state index contributed by atoms with van der Waals surface area (Å²) in [6.07, 6.45) is 2.79. The zero-order valence-electron chi connectivity index (χ0n) is 17.0. The van der Waals surface area contributed by atoms with E-state index in [0.29, 0.717) is 18.7 Å². The topological polar surface area (TPSA) is 96.3 Å². The number of aryl methyl sites for hydroxylation is 1. The van der Waals surface area contributed by atoms with Crippen LogP contribution in [0.4, 0.5) is 13.2 Å². The minimum absolute atomic E-state index is 0.0362. The molecular formula is C22H19F3N4O3. The number of carbonyl (C=O) groups is 2. The molecule has 1 aliphatic heterocycles. The molecule has 0 aliphatic carbocycles. The minimum Gasteiger partial charge on any atom is -0.475 e. The Kier molecular flexibility index (Phi) is 6.82. The maximum absolute atomic E-state index is 12.9. The molecule has 0 spiro atoms. The van der Waals surface area contributed by atoms with Gasteiger partial charge in [-0.25, -0.2) is 4.79 Å². The van der Waals surface area contributed by atoms with Crippen LogP contribution in [0.5, 0.6) is 0 Å². The summed E-state index contributed by atoms with van der Waals surface area (Å²) in [6.45, 7) is 3.20. The second-order valence-electron chi connectivity index (χ2n) is 7.03. The fourth-order valence-electron chi connectivity index (χ4n) is 3.11. The fraction of sp³-hybridized carbons (Fsp3) is 0.227. The molecule has 0 saturated carbocycles. The molecule has 4 rings (SSSR count). The Morgan fingerprint density at radius 1 is 1.12 bits per heavy atom. The van der Waals surface area contributed by atoms with Gasteiger partial charge in [0.25, 0.3) is 5.91 Å². The number of halogens is 3. The Morgan fingerprint density at radius 2 is 1.88 bits per heavy atom. The van der Waals surface area contributed by atoms with Gasteiger partial charge in [-0.3, -0.25) is 19.7 Å². The summed E-state index contributed by atoms with van der Waals surface area (Å²) >= 11 is 0. The van der Waals surface area contributed by atoms with Crippen LogP contribution in [-0.4, -0.2) is 49.6 Å². The summed E-state index contributed by atoms with van der Waals surface area (Å²) < 4.78 is 31.7. The van der Waals surface area contributed by atoms with Gasteiger partial charge in [-0.2, -0.15) is 13.2 Å². The van der Waals surface area contributed by atoms with Crippen molar-refractivity contribution in [2.24, 2.45) is 0 Å². The van der Waals surface area contributed by atoms with E-state index in [9.17, 15) is 18.0 Å². The first-order valence-corrected chi connectivity index (χ1v) is 9.56. The van der Waals surface area contributed by atoms with Crippen LogP contribution < -0.4 is 0 Å². The molecule has 1 aliphatic rings. The fourth-order valence-corrected chi connectivity index (χ4v) is 3.11. The molecular weight excluding hydrogens is 425 g/mol. The highest BCUT2D eigenvalue weighted by molar-refractivity contribution is 6.03. The van der Waals surface area contributed by atoms with Crippen molar-refractivity contribution >= 4 is 11.9 Å². The van der Waals surface area contributed by atoms with Crippen molar-refractivity contribution in [3.63, 3.8) is 0 Å². The van der Waals surface area contributed by atoms with Crippen molar-refractivity contribution in [3.8, 4) is 11.1 Å². The predicted molar refractivity (Wildman–Crippen MR) is 109 cm³/mol. The number of aromatic nitrogens is 3. The largest absolute Gasteiger partial charge is 0.490 e. The molecule has 0 bridgehead atoms. The van der Waals surface area contributed by atoms with Gasteiger partial charge < -0.3 is 10.0 Å². The standard InChI is InChI=1S/C20H18N4O.C2HF3O2/c1-14-4-5-16(23-11-14)7-10-24-13-18-19(20(24)25)17(6-9-22-18)15-3-2-8-21-12-15;3-2(4,5)1(6)7/h2-6,8-9,11-12H,7,10,13H2,1H3;(H,6,7). The molecule has 166 valence electrons. The van der Waals surface area contributed by atoms with Crippen molar-refractivity contribution in [2.45, 2.75) is 26.1 Å². The molecule has 10 heteroatoms. The van der Waals surface area contributed by atoms with Gasteiger partial charge in [0.1, 0.15) is 0 Å². The van der Waals surface area contributed by atoms with Crippen LogP contribution in [0.15, 0.2) is 55.1 Å². The Balaban J connectivity index is 0.000000360. The highest BCUT2D eigenvalue weighted by atomic mass is 19.4. The first-order chi connectivity index (χ1) is 15.2.